The molecule has 2 heterocycles. The molecule has 1 aromatic heterocycles. The SMILES string of the molecule is CCn1cnc(NC(=O)C2CCOC2)n1. The maximum atomic E-state index is 11.6. The highest BCUT2D eigenvalue weighted by Gasteiger charge is 2.24. The first-order valence-corrected chi connectivity index (χ1v) is 5.07. The first-order valence-electron chi connectivity index (χ1n) is 5.07. The van der Waals surface area contributed by atoms with E-state index in [9.17, 15) is 4.79 Å². The van der Waals surface area contributed by atoms with Crippen LogP contribution in [0.1, 0.15) is 13.3 Å². The van der Waals surface area contributed by atoms with Crippen molar-refractivity contribution in [3.8, 4) is 0 Å². The quantitative estimate of drug-likeness (QED) is 0.777. The van der Waals surface area contributed by atoms with Crippen molar-refractivity contribution in [2.24, 2.45) is 5.92 Å². The average molecular weight is 210 g/mol. The van der Waals surface area contributed by atoms with Gasteiger partial charge in [0, 0.05) is 13.2 Å². The van der Waals surface area contributed by atoms with E-state index >= 15 is 0 Å². The van der Waals surface area contributed by atoms with Crippen LogP contribution in [0.2, 0.25) is 0 Å². The summed E-state index contributed by atoms with van der Waals surface area (Å²) in [6.45, 7) is 3.87. The van der Waals surface area contributed by atoms with Crippen LogP contribution in [0.3, 0.4) is 0 Å². The third-order valence-electron chi connectivity index (χ3n) is 2.40. The van der Waals surface area contributed by atoms with Crippen molar-refractivity contribution < 1.29 is 9.53 Å². The van der Waals surface area contributed by atoms with Gasteiger partial charge in [0.05, 0.1) is 12.5 Å². The number of carbonyl (C=O) groups is 1. The Hall–Kier alpha value is -1.43. The molecule has 0 saturated carbocycles. The predicted octanol–water partition coefficient (Wildman–Crippen LogP) is 0.273. The van der Waals surface area contributed by atoms with Crippen LogP contribution in [0.15, 0.2) is 6.33 Å². The second-order valence-corrected chi connectivity index (χ2v) is 3.47. The van der Waals surface area contributed by atoms with Crippen molar-refractivity contribution in [3.63, 3.8) is 0 Å². The monoisotopic (exact) mass is 210 g/mol. The van der Waals surface area contributed by atoms with E-state index in [-0.39, 0.29) is 11.8 Å². The largest absolute Gasteiger partial charge is 0.381 e. The minimum atomic E-state index is -0.0569. The number of nitrogens with zero attached hydrogens (tertiary/aromatic N) is 3. The number of ether oxygens (including phenoxy) is 1. The van der Waals surface area contributed by atoms with Gasteiger partial charge in [-0.05, 0) is 13.3 Å². The maximum Gasteiger partial charge on any atom is 0.248 e. The van der Waals surface area contributed by atoms with Gasteiger partial charge in [0.2, 0.25) is 11.9 Å². The van der Waals surface area contributed by atoms with Crippen molar-refractivity contribution in [3.05, 3.63) is 6.33 Å². The van der Waals surface area contributed by atoms with Crippen molar-refractivity contribution >= 4 is 11.9 Å². The van der Waals surface area contributed by atoms with Crippen LogP contribution < -0.4 is 5.32 Å². The Morgan fingerprint density at radius 1 is 1.80 bits per heavy atom. The van der Waals surface area contributed by atoms with Gasteiger partial charge in [0.25, 0.3) is 0 Å². The van der Waals surface area contributed by atoms with Crippen LogP contribution >= 0.6 is 0 Å². The molecule has 1 fully saturated rings. The minimum absolute atomic E-state index is 0.0543. The zero-order valence-electron chi connectivity index (χ0n) is 8.64. The Labute approximate surface area is 87.6 Å². The Balaban J connectivity index is 1.92. The van der Waals surface area contributed by atoms with Gasteiger partial charge in [-0.1, -0.05) is 0 Å². The fourth-order valence-electron chi connectivity index (χ4n) is 1.46. The smallest absolute Gasteiger partial charge is 0.248 e. The molecule has 0 bridgehead atoms. The maximum absolute atomic E-state index is 11.6. The predicted molar refractivity (Wildman–Crippen MR) is 53.3 cm³/mol. The van der Waals surface area contributed by atoms with Crippen LogP contribution in [0.25, 0.3) is 0 Å². The molecule has 6 nitrogen and oxygen atoms in total. The third kappa shape index (κ3) is 2.33. The lowest BCUT2D eigenvalue weighted by Crippen LogP contribution is -2.23. The average Bonchev–Trinajstić information content (AvgIpc) is 2.87. The molecule has 0 aliphatic carbocycles. The number of aromatic nitrogens is 3. The van der Waals surface area contributed by atoms with Crippen molar-refractivity contribution in [1.82, 2.24) is 14.8 Å². The van der Waals surface area contributed by atoms with Gasteiger partial charge in [0.1, 0.15) is 6.33 Å². The highest BCUT2D eigenvalue weighted by atomic mass is 16.5. The highest BCUT2D eigenvalue weighted by Crippen LogP contribution is 2.13. The molecule has 1 N–H and O–H groups in total. The van der Waals surface area contributed by atoms with E-state index in [0.29, 0.717) is 19.2 Å². The fourth-order valence-corrected chi connectivity index (χ4v) is 1.46. The number of amides is 1. The molecule has 0 radical (unpaired) electrons. The van der Waals surface area contributed by atoms with Crippen molar-refractivity contribution in [1.29, 1.82) is 0 Å². The Morgan fingerprint density at radius 2 is 2.67 bits per heavy atom. The Kier molecular flexibility index (Phi) is 2.96. The first-order chi connectivity index (χ1) is 7.29. The van der Waals surface area contributed by atoms with Crippen molar-refractivity contribution in [2.45, 2.75) is 19.9 Å². The summed E-state index contributed by atoms with van der Waals surface area (Å²) in [5.74, 6) is 0.258. The zero-order valence-corrected chi connectivity index (χ0v) is 8.64. The van der Waals surface area contributed by atoms with Gasteiger partial charge in [0.15, 0.2) is 0 Å². The molecule has 0 aromatic carbocycles. The molecule has 1 saturated heterocycles. The van der Waals surface area contributed by atoms with Gasteiger partial charge in [-0.25, -0.2) is 4.98 Å². The van der Waals surface area contributed by atoms with E-state index in [0.717, 1.165) is 13.0 Å². The number of nitrogens with one attached hydrogen (secondary N) is 1. The van der Waals surface area contributed by atoms with E-state index in [1.807, 2.05) is 6.92 Å². The molecule has 1 unspecified atom stereocenters. The topological polar surface area (TPSA) is 69.0 Å². The van der Waals surface area contributed by atoms with E-state index < -0.39 is 0 Å². The van der Waals surface area contributed by atoms with E-state index in [1.54, 1.807) is 11.0 Å². The summed E-state index contributed by atoms with van der Waals surface area (Å²) >= 11 is 0. The standard InChI is InChI=1S/C9H14N4O2/c1-2-13-6-10-9(12-13)11-8(14)7-3-4-15-5-7/h6-7H,2-5H2,1H3,(H,11,12,14). The van der Waals surface area contributed by atoms with E-state index in [1.165, 1.54) is 0 Å². The summed E-state index contributed by atoms with van der Waals surface area (Å²) in [6, 6.07) is 0. The molecule has 1 aliphatic rings. The molecule has 82 valence electrons. The second-order valence-electron chi connectivity index (χ2n) is 3.47. The molecule has 1 aromatic rings. The van der Waals surface area contributed by atoms with Gasteiger partial charge in [-0.3, -0.25) is 14.8 Å². The lowest BCUT2D eigenvalue weighted by atomic mass is 10.1. The lowest BCUT2D eigenvalue weighted by Gasteiger charge is -2.05. The number of aryl methyl sites for hydroxylation is 1. The van der Waals surface area contributed by atoms with Gasteiger partial charge in [-0.2, -0.15) is 0 Å². The van der Waals surface area contributed by atoms with Gasteiger partial charge < -0.3 is 4.74 Å². The highest BCUT2D eigenvalue weighted by molar-refractivity contribution is 5.91. The number of hydrogen-bond donors (Lipinski definition) is 1. The summed E-state index contributed by atoms with van der Waals surface area (Å²) in [6.07, 6.45) is 2.38. The third-order valence-corrected chi connectivity index (χ3v) is 2.40. The van der Waals surface area contributed by atoms with Crippen molar-refractivity contribution in [2.75, 3.05) is 18.5 Å². The summed E-state index contributed by atoms with van der Waals surface area (Å²) in [4.78, 5) is 15.6. The van der Waals surface area contributed by atoms with Crippen LogP contribution in [0, 0.1) is 5.92 Å². The number of rotatable bonds is 3. The Bertz CT molecular complexity index is 344. The molecule has 1 atom stereocenters. The Morgan fingerprint density at radius 3 is 3.27 bits per heavy atom. The molecule has 1 aliphatic heterocycles. The lowest BCUT2D eigenvalue weighted by molar-refractivity contribution is -0.119. The molecule has 1 amide bonds. The van der Waals surface area contributed by atoms with Crippen LogP contribution in [0.4, 0.5) is 5.95 Å². The van der Waals surface area contributed by atoms with E-state index in [2.05, 4.69) is 15.4 Å². The summed E-state index contributed by atoms with van der Waals surface area (Å²) in [5, 5.41) is 6.75. The minimum Gasteiger partial charge on any atom is -0.381 e. The molecule has 6 heteroatoms. The van der Waals surface area contributed by atoms with Crippen LogP contribution in [-0.4, -0.2) is 33.9 Å². The molecular weight excluding hydrogens is 196 g/mol. The summed E-state index contributed by atoms with van der Waals surface area (Å²) in [7, 11) is 0. The molecule has 0 spiro atoms. The number of carbonyl (C=O) groups excluding carboxylic acids is 1. The summed E-state index contributed by atoms with van der Waals surface area (Å²) < 4.78 is 6.80. The molecule has 2 rings (SSSR count). The van der Waals surface area contributed by atoms with Crippen LogP contribution in [0.5, 0.6) is 0 Å². The number of anilines is 1. The van der Waals surface area contributed by atoms with Crippen LogP contribution in [-0.2, 0) is 16.1 Å². The van der Waals surface area contributed by atoms with Gasteiger partial charge in [-0.15, -0.1) is 5.10 Å². The van der Waals surface area contributed by atoms with E-state index in [4.69, 9.17) is 4.74 Å². The first kappa shape index (κ1) is 10.1. The fraction of sp³-hybridized carbons (Fsp3) is 0.667. The number of hydrogen-bond acceptors (Lipinski definition) is 4. The second kappa shape index (κ2) is 4.39. The molecular formula is C9H14N4O2. The molecule has 15 heavy (non-hydrogen) atoms. The summed E-state index contributed by atoms with van der Waals surface area (Å²) in [5.41, 5.74) is 0. The zero-order chi connectivity index (χ0) is 10.7. The van der Waals surface area contributed by atoms with Gasteiger partial charge >= 0.3 is 0 Å². The normalized spacial score (nSPS) is 20.5.